The third-order valence-corrected chi connectivity index (χ3v) is 6.94. The maximum absolute atomic E-state index is 12.5. The molecule has 5 rings (SSSR count). The summed E-state index contributed by atoms with van der Waals surface area (Å²) in [5, 5.41) is 8.31. The van der Waals surface area contributed by atoms with E-state index in [-0.39, 0.29) is 6.04 Å². The lowest BCUT2D eigenvalue weighted by Gasteiger charge is -2.37. The molecule has 0 aliphatic carbocycles. The molecular weight excluding hydrogens is 421 g/mol. The van der Waals surface area contributed by atoms with Gasteiger partial charge in [-0.1, -0.05) is 27.6 Å². The number of anilines is 1. The molecule has 2 aliphatic heterocycles. The van der Waals surface area contributed by atoms with E-state index in [0.29, 0.717) is 17.2 Å². The van der Waals surface area contributed by atoms with Crippen LogP contribution >= 0.6 is 9.39 Å². The van der Waals surface area contributed by atoms with Gasteiger partial charge in [-0.05, 0) is 61.6 Å². The molecule has 1 fully saturated rings. The number of ether oxygens (including phenoxy) is 1. The number of nitrogens with zero attached hydrogens (tertiary/aromatic N) is 3. The lowest BCUT2D eigenvalue weighted by atomic mass is 9.87. The summed E-state index contributed by atoms with van der Waals surface area (Å²) in [4.78, 5) is 12.5. The van der Waals surface area contributed by atoms with Gasteiger partial charge in [0.2, 0.25) is 0 Å². The fourth-order valence-corrected chi connectivity index (χ4v) is 5.08. The summed E-state index contributed by atoms with van der Waals surface area (Å²) in [5.41, 5.74) is 7.77. The number of fused-ring (bicyclic) bond motifs is 1. The standard InChI is InChI=1S/C24H28N5O2P/c25-23(30)21-22(17-6-8-19(9-7-17)31-18-4-2-1-3-5-18)27-29-20(10-13-26-24(21)29)16-11-14-28(32)15-12-16/h1-9,16,20,26H,10-15,32H2,(H2,25,30). The lowest BCUT2D eigenvalue weighted by molar-refractivity contribution is 0.100. The number of aromatic nitrogens is 2. The molecule has 1 aromatic heterocycles. The smallest absolute Gasteiger partial charge is 0.254 e. The molecule has 7 nitrogen and oxygen atoms in total. The predicted octanol–water partition coefficient (Wildman–Crippen LogP) is 4.30. The quantitative estimate of drug-likeness (QED) is 0.568. The van der Waals surface area contributed by atoms with Gasteiger partial charge in [0.1, 0.15) is 28.6 Å². The summed E-state index contributed by atoms with van der Waals surface area (Å²) >= 11 is 0. The van der Waals surface area contributed by atoms with E-state index >= 15 is 0 Å². The Morgan fingerprint density at radius 1 is 1.03 bits per heavy atom. The maximum atomic E-state index is 12.5. The molecule has 2 atom stereocenters. The number of piperidine rings is 1. The number of hydrogen-bond acceptors (Lipinski definition) is 5. The van der Waals surface area contributed by atoms with Crippen LogP contribution in [0.3, 0.4) is 0 Å². The van der Waals surface area contributed by atoms with Crippen LogP contribution in [-0.4, -0.2) is 40.0 Å². The highest BCUT2D eigenvalue weighted by Gasteiger charge is 2.34. The van der Waals surface area contributed by atoms with Crippen molar-refractivity contribution in [3.63, 3.8) is 0 Å². The first-order chi connectivity index (χ1) is 15.6. The van der Waals surface area contributed by atoms with Gasteiger partial charge in [-0.2, -0.15) is 5.10 Å². The summed E-state index contributed by atoms with van der Waals surface area (Å²) < 4.78 is 10.2. The van der Waals surface area contributed by atoms with Crippen molar-refractivity contribution >= 4 is 21.1 Å². The number of benzene rings is 2. The van der Waals surface area contributed by atoms with E-state index in [1.165, 1.54) is 0 Å². The van der Waals surface area contributed by atoms with Crippen LogP contribution in [0, 0.1) is 5.92 Å². The van der Waals surface area contributed by atoms with E-state index in [1.807, 2.05) is 59.3 Å². The van der Waals surface area contributed by atoms with Crippen LogP contribution in [0.4, 0.5) is 5.82 Å². The van der Waals surface area contributed by atoms with Crippen LogP contribution < -0.4 is 15.8 Å². The number of carbonyl (C=O) groups is 1. The molecule has 8 heteroatoms. The molecule has 0 bridgehead atoms. The first-order valence-electron chi connectivity index (χ1n) is 11.1. The van der Waals surface area contributed by atoms with Crippen LogP contribution in [0.2, 0.25) is 0 Å². The first kappa shape index (κ1) is 21.0. The number of para-hydroxylation sites is 1. The Balaban J connectivity index is 1.46. The fraction of sp³-hybridized carbons (Fsp3) is 0.333. The minimum Gasteiger partial charge on any atom is -0.457 e. The molecule has 2 aliphatic rings. The number of amides is 1. The highest BCUT2D eigenvalue weighted by Crippen LogP contribution is 2.40. The van der Waals surface area contributed by atoms with Crippen molar-refractivity contribution in [2.45, 2.75) is 25.3 Å². The van der Waals surface area contributed by atoms with Gasteiger partial charge >= 0.3 is 0 Å². The van der Waals surface area contributed by atoms with Crippen molar-refractivity contribution in [3.8, 4) is 22.8 Å². The molecule has 3 N–H and O–H groups in total. The number of primary amides is 1. The van der Waals surface area contributed by atoms with Crippen LogP contribution in [-0.2, 0) is 0 Å². The van der Waals surface area contributed by atoms with Gasteiger partial charge in [-0.3, -0.25) is 9.46 Å². The van der Waals surface area contributed by atoms with E-state index in [4.69, 9.17) is 15.6 Å². The van der Waals surface area contributed by atoms with Crippen molar-refractivity contribution in [2.75, 3.05) is 25.0 Å². The van der Waals surface area contributed by atoms with Crippen molar-refractivity contribution in [3.05, 3.63) is 60.2 Å². The molecule has 1 saturated heterocycles. The third-order valence-electron chi connectivity index (χ3n) is 6.43. The maximum Gasteiger partial charge on any atom is 0.254 e. The zero-order valence-corrected chi connectivity index (χ0v) is 19.1. The van der Waals surface area contributed by atoms with Crippen molar-refractivity contribution in [1.82, 2.24) is 14.5 Å². The van der Waals surface area contributed by atoms with Gasteiger partial charge in [-0.25, -0.2) is 4.68 Å². The Hall–Kier alpha value is -2.89. The molecule has 0 spiro atoms. The molecule has 166 valence electrons. The van der Waals surface area contributed by atoms with Crippen molar-refractivity contribution < 1.29 is 9.53 Å². The van der Waals surface area contributed by atoms with Crippen LogP contribution in [0.15, 0.2) is 54.6 Å². The van der Waals surface area contributed by atoms with Crippen molar-refractivity contribution in [2.24, 2.45) is 11.7 Å². The Kier molecular flexibility index (Phi) is 5.85. The van der Waals surface area contributed by atoms with E-state index in [2.05, 4.69) is 19.4 Å². The van der Waals surface area contributed by atoms with Gasteiger partial charge in [0.05, 0.1) is 6.04 Å². The molecule has 0 saturated carbocycles. The van der Waals surface area contributed by atoms with Crippen molar-refractivity contribution in [1.29, 1.82) is 0 Å². The average molecular weight is 449 g/mol. The second-order valence-electron chi connectivity index (χ2n) is 8.48. The normalized spacial score (nSPS) is 19.2. The number of nitrogens with one attached hydrogen (secondary N) is 1. The molecule has 32 heavy (non-hydrogen) atoms. The van der Waals surface area contributed by atoms with Gasteiger partial charge in [0, 0.05) is 25.2 Å². The minimum absolute atomic E-state index is 0.275. The average Bonchev–Trinajstić information content (AvgIpc) is 3.21. The molecule has 2 unspecified atom stereocenters. The summed E-state index contributed by atoms with van der Waals surface area (Å²) in [6.07, 6.45) is 3.25. The van der Waals surface area contributed by atoms with E-state index in [9.17, 15) is 4.79 Å². The molecule has 3 aromatic rings. The highest BCUT2D eigenvalue weighted by atomic mass is 31.0. The van der Waals surface area contributed by atoms with E-state index < -0.39 is 5.91 Å². The largest absolute Gasteiger partial charge is 0.457 e. The summed E-state index contributed by atoms with van der Waals surface area (Å²) in [6.45, 7) is 2.95. The minimum atomic E-state index is -0.459. The molecular formula is C24H28N5O2P. The molecule has 0 radical (unpaired) electrons. The van der Waals surface area contributed by atoms with Gasteiger partial charge in [0.15, 0.2) is 0 Å². The number of nitrogens with two attached hydrogens (primary N) is 1. The topological polar surface area (TPSA) is 85.4 Å². The number of rotatable bonds is 5. The first-order valence-corrected chi connectivity index (χ1v) is 11.6. The Labute approximate surface area is 190 Å². The Bertz CT molecular complexity index is 1090. The van der Waals surface area contributed by atoms with Crippen LogP contribution in [0.5, 0.6) is 11.5 Å². The third kappa shape index (κ3) is 4.10. The fourth-order valence-electron chi connectivity index (χ4n) is 4.79. The second kappa shape index (κ2) is 8.93. The van der Waals surface area contributed by atoms with Crippen LogP contribution in [0.25, 0.3) is 11.3 Å². The highest BCUT2D eigenvalue weighted by molar-refractivity contribution is 7.13. The molecule has 3 heterocycles. The molecule has 2 aromatic carbocycles. The zero-order chi connectivity index (χ0) is 22.1. The summed E-state index contributed by atoms with van der Waals surface area (Å²) in [5.74, 6) is 2.34. The SMILES string of the molecule is NC(=O)c1c(-c2ccc(Oc3ccccc3)cc2)nn2c1NCCC2C1CCN(P)CC1. The van der Waals surface area contributed by atoms with E-state index in [1.54, 1.807) is 0 Å². The monoisotopic (exact) mass is 449 g/mol. The number of carbonyl (C=O) groups excluding carboxylic acids is 1. The Morgan fingerprint density at radius 2 is 1.72 bits per heavy atom. The van der Waals surface area contributed by atoms with E-state index in [0.717, 1.165) is 61.8 Å². The zero-order valence-electron chi connectivity index (χ0n) is 17.9. The second-order valence-corrected chi connectivity index (χ2v) is 9.21. The van der Waals surface area contributed by atoms with Crippen LogP contribution in [0.1, 0.15) is 35.7 Å². The van der Waals surface area contributed by atoms with Gasteiger partial charge in [-0.15, -0.1) is 0 Å². The predicted molar refractivity (Wildman–Crippen MR) is 129 cm³/mol. The summed E-state index contributed by atoms with van der Waals surface area (Å²) in [7, 11) is 2.80. The molecule has 1 amide bonds. The Morgan fingerprint density at radius 3 is 2.41 bits per heavy atom. The van der Waals surface area contributed by atoms with Gasteiger partial charge < -0.3 is 15.8 Å². The van der Waals surface area contributed by atoms with Gasteiger partial charge in [0.25, 0.3) is 5.91 Å². The summed E-state index contributed by atoms with van der Waals surface area (Å²) in [6, 6.07) is 17.6. The number of hydrogen-bond donors (Lipinski definition) is 2. The lowest BCUT2D eigenvalue weighted by Crippen LogP contribution is -2.35.